The number of hydrogen-bond acceptors (Lipinski definition) is 3. The summed E-state index contributed by atoms with van der Waals surface area (Å²) in [5, 5.41) is 6.30. The van der Waals surface area contributed by atoms with Gasteiger partial charge in [0.25, 0.3) is 0 Å². The third kappa shape index (κ3) is 11.4. The Labute approximate surface area is 176 Å². The highest BCUT2D eigenvalue weighted by atomic mass is 127. The van der Waals surface area contributed by atoms with Crippen molar-refractivity contribution in [2.75, 3.05) is 46.3 Å². The monoisotopic (exact) mass is 505 g/mol. The van der Waals surface area contributed by atoms with Crippen molar-refractivity contribution in [2.24, 2.45) is 4.99 Å². The molecule has 0 bridgehead atoms. The fraction of sp³-hybridized carbons (Fsp3) is 0.765. The quantitative estimate of drug-likeness (QED) is 0.241. The summed E-state index contributed by atoms with van der Waals surface area (Å²) in [6.45, 7) is 9.61. The van der Waals surface area contributed by atoms with Crippen molar-refractivity contribution in [2.45, 2.75) is 38.9 Å². The highest BCUT2D eigenvalue weighted by Crippen LogP contribution is 2.15. The molecule has 0 aromatic rings. The molecule has 1 fully saturated rings. The van der Waals surface area contributed by atoms with Crippen LogP contribution in [0.4, 0.5) is 13.2 Å². The van der Waals surface area contributed by atoms with E-state index in [1.807, 2.05) is 13.8 Å². The molecule has 1 heterocycles. The van der Waals surface area contributed by atoms with E-state index in [1.165, 1.54) is 0 Å². The molecule has 0 atom stereocenters. The average Bonchev–Trinajstić information content (AvgIpc) is 2.52. The Hall–Kier alpha value is -1.04. The molecule has 1 aliphatic heterocycles. The maximum Gasteiger partial charge on any atom is 0.406 e. The van der Waals surface area contributed by atoms with Crippen molar-refractivity contribution in [3.8, 4) is 0 Å². The van der Waals surface area contributed by atoms with Gasteiger partial charge in [0.2, 0.25) is 5.91 Å². The van der Waals surface area contributed by atoms with Crippen LogP contribution >= 0.6 is 24.0 Å². The van der Waals surface area contributed by atoms with E-state index in [0.717, 1.165) is 45.1 Å². The van der Waals surface area contributed by atoms with E-state index in [2.05, 4.69) is 27.1 Å². The number of amides is 1. The highest BCUT2D eigenvalue weighted by Gasteiger charge is 2.31. The van der Waals surface area contributed by atoms with Gasteiger partial charge in [-0.05, 0) is 26.7 Å². The second-order valence-corrected chi connectivity index (χ2v) is 6.71. The van der Waals surface area contributed by atoms with Crippen LogP contribution in [0.15, 0.2) is 17.1 Å². The van der Waals surface area contributed by atoms with Gasteiger partial charge in [-0.25, -0.2) is 4.99 Å². The summed E-state index contributed by atoms with van der Waals surface area (Å²) in [4.78, 5) is 18.9. The summed E-state index contributed by atoms with van der Waals surface area (Å²) in [5.41, 5.74) is 1.13. The van der Waals surface area contributed by atoms with E-state index in [0.29, 0.717) is 17.4 Å². The van der Waals surface area contributed by atoms with Crippen LogP contribution in [0.3, 0.4) is 0 Å². The first-order valence-corrected chi connectivity index (χ1v) is 8.83. The Bertz CT molecular complexity index is 505. The molecule has 0 aliphatic carbocycles. The molecule has 1 aliphatic rings. The smallest absolute Gasteiger partial charge is 0.357 e. The molecule has 0 aromatic carbocycles. The van der Waals surface area contributed by atoms with E-state index in [4.69, 9.17) is 0 Å². The predicted octanol–water partition coefficient (Wildman–Crippen LogP) is 2.22. The minimum atomic E-state index is -4.41. The number of aliphatic imine (C=N–C) groups is 1. The third-order valence-electron chi connectivity index (χ3n) is 3.98. The molecule has 1 saturated heterocycles. The molecule has 27 heavy (non-hydrogen) atoms. The first kappa shape index (κ1) is 26.0. The first-order chi connectivity index (χ1) is 12.1. The van der Waals surface area contributed by atoms with Crippen LogP contribution in [0.1, 0.15) is 26.7 Å². The summed E-state index contributed by atoms with van der Waals surface area (Å²) in [5.74, 6) is -0.213. The first-order valence-electron chi connectivity index (χ1n) is 8.83. The van der Waals surface area contributed by atoms with E-state index in [1.54, 1.807) is 0 Å². The van der Waals surface area contributed by atoms with Gasteiger partial charge in [0.15, 0.2) is 5.96 Å². The molecule has 0 aromatic heterocycles. The van der Waals surface area contributed by atoms with Gasteiger partial charge in [-0.1, -0.05) is 12.2 Å². The van der Waals surface area contributed by atoms with Crippen molar-refractivity contribution in [1.82, 2.24) is 20.4 Å². The van der Waals surface area contributed by atoms with Crippen LogP contribution < -0.4 is 10.6 Å². The van der Waals surface area contributed by atoms with Gasteiger partial charge < -0.3 is 15.5 Å². The predicted molar refractivity (Wildman–Crippen MR) is 112 cm³/mol. The molecular weight excluding hydrogens is 474 g/mol. The number of likely N-dealkylation sites (tertiary alicyclic amines) is 1. The molecule has 10 heteroatoms. The van der Waals surface area contributed by atoms with Gasteiger partial charge >= 0.3 is 6.18 Å². The van der Waals surface area contributed by atoms with Crippen molar-refractivity contribution >= 4 is 35.8 Å². The van der Waals surface area contributed by atoms with Crippen LogP contribution in [0.2, 0.25) is 0 Å². The zero-order valence-electron chi connectivity index (χ0n) is 16.2. The number of guanidine groups is 1. The summed E-state index contributed by atoms with van der Waals surface area (Å²) in [7, 11) is 1.13. The van der Waals surface area contributed by atoms with Crippen LogP contribution in [0, 0.1) is 0 Å². The Kier molecular flexibility index (Phi) is 11.9. The third-order valence-corrected chi connectivity index (χ3v) is 3.98. The molecule has 158 valence electrons. The number of hydrogen-bond donors (Lipinski definition) is 2. The van der Waals surface area contributed by atoms with E-state index in [-0.39, 0.29) is 36.6 Å². The zero-order chi connectivity index (χ0) is 19.7. The lowest BCUT2D eigenvalue weighted by molar-refractivity contribution is -0.157. The number of nitrogens with one attached hydrogen (secondary N) is 2. The Morgan fingerprint density at radius 2 is 1.93 bits per heavy atom. The average molecular weight is 505 g/mol. The summed E-state index contributed by atoms with van der Waals surface area (Å²) in [6.07, 6.45) is -2.55. The van der Waals surface area contributed by atoms with Gasteiger partial charge in [-0.2, -0.15) is 13.2 Å². The number of rotatable bonds is 7. The maximum atomic E-state index is 12.3. The van der Waals surface area contributed by atoms with Crippen molar-refractivity contribution in [3.63, 3.8) is 0 Å². The molecule has 0 spiro atoms. The SMILES string of the molecule is C=C(C)CN1CCC(NC(=NCC(=O)N(C)CC(F)(F)F)NCC)CC1.I. The van der Waals surface area contributed by atoms with Crippen molar-refractivity contribution in [1.29, 1.82) is 0 Å². The molecule has 0 saturated carbocycles. The van der Waals surface area contributed by atoms with Gasteiger partial charge in [0.1, 0.15) is 13.1 Å². The molecular formula is C17H31F3IN5O. The summed E-state index contributed by atoms with van der Waals surface area (Å²) in [6, 6.07) is 0.220. The lowest BCUT2D eigenvalue weighted by Crippen LogP contribution is -2.49. The Morgan fingerprint density at radius 3 is 2.41 bits per heavy atom. The van der Waals surface area contributed by atoms with Gasteiger partial charge in [0, 0.05) is 39.3 Å². The van der Waals surface area contributed by atoms with Gasteiger partial charge in [-0.15, -0.1) is 24.0 Å². The van der Waals surface area contributed by atoms with Gasteiger partial charge in [0.05, 0.1) is 0 Å². The standard InChI is InChI=1S/C17H30F3N5O.HI/c1-5-21-16(22-10-15(26)24(4)12-17(18,19)20)23-14-6-8-25(9-7-14)11-13(2)3;/h14H,2,5-12H2,1,3-4H3,(H2,21,22,23);1H. The molecule has 1 amide bonds. The normalized spacial score (nSPS) is 16.4. The van der Waals surface area contributed by atoms with Crippen molar-refractivity contribution in [3.05, 3.63) is 12.2 Å². The number of carbonyl (C=O) groups excluding carboxylic acids is 1. The van der Waals surface area contributed by atoms with E-state index >= 15 is 0 Å². The number of piperidine rings is 1. The minimum Gasteiger partial charge on any atom is -0.357 e. The number of alkyl halides is 3. The second-order valence-electron chi connectivity index (χ2n) is 6.71. The molecule has 0 unspecified atom stereocenters. The molecule has 2 N–H and O–H groups in total. The summed E-state index contributed by atoms with van der Waals surface area (Å²) < 4.78 is 37.0. The van der Waals surface area contributed by atoms with Crippen molar-refractivity contribution < 1.29 is 18.0 Å². The minimum absolute atomic E-state index is 0. The topological polar surface area (TPSA) is 60.0 Å². The number of nitrogens with zero attached hydrogens (tertiary/aromatic N) is 3. The number of halogens is 4. The molecule has 1 rings (SSSR count). The highest BCUT2D eigenvalue weighted by molar-refractivity contribution is 14.0. The number of likely N-dealkylation sites (N-methyl/N-ethyl adjacent to an activating group) is 1. The largest absolute Gasteiger partial charge is 0.406 e. The lowest BCUT2D eigenvalue weighted by Gasteiger charge is -2.33. The van der Waals surface area contributed by atoms with Crippen LogP contribution in [-0.4, -0.2) is 80.2 Å². The maximum absolute atomic E-state index is 12.3. The Morgan fingerprint density at radius 1 is 1.33 bits per heavy atom. The molecule has 6 nitrogen and oxygen atoms in total. The lowest BCUT2D eigenvalue weighted by atomic mass is 10.0. The Balaban J connectivity index is 0.00000676. The molecule has 0 radical (unpaired) electrons. The van der Waals surface area contributed by atoms with E-state index < -0.39 is 18.6 Å². The number of carbonyl (C=O) groups is 1. The fourth-order valence-electron chi connectivity index (χ4n) is 2.76. The van der Waals surface area contributed by atoms with Crippen LogP contribution in [0.5, 0.6) is 0 Å². The van der Waals surface area contributed by atoms with Crippen LogP contribution in [0.25, 0.3) is 0 Å². The summed E-state index contributed by atoms with van der Waals surface area (Å²) >= 11 is 0. The second kappa shape index (κ2) is 12.4. The zero-order valence-corrected chi connectivity index (χ0v) is 18.6. The fourth-order valence-corrected chi connectivity index (χ4v) is 2.76. The van der Waals surface area contributed by atoms with Gasteiger partial charge in [-0.3, -0.25) is 9.69 Å². The van der Waals surface area contributed by atoms with E-state index in [9.17, 15) is 18.0 Å². The van der Waals surface area contributed by atoms with Crippen LogP contribution in [-0.2, 0) is 4.79 Å².